The van der Waals surface area contributed by atoms with Crippen molar-refractivity contribution in [3.63, 3.8) is 0 Å². The van der Waals surface area contributed by atoms with Crippen LogP contribution in [0, 0.1) is 11.6 Å². The summed E-state index contributed by atoms with van der Waals surface area (Å²) in [6.45, 7) is 5.24. The molecule has 0 bridgehead atoms. The first kappa shape index (κ1) is 33.0. The number of amides is 2. The smallest absolute Gasteiger partial charge is 0.253 e. The Hall–Kier alpha value is -4.41. The molecule has 5 rings (SSSR count). The summed E-state index contributed by atoms with van der Waals surface area (Å²) in [7, 11) is 0. The maximum absolute atomic E-state index is 14.1. The van der Waals surface area contributed by atoms with E-state index in [1.807, 2.05) is 44.2 Å². The first-order valence-corrected chi connectivity index (χ1v) is 15.8. The number of carbonyl (C=O) groups excluding carboxylic acids is 2. The third-order valence-corrected chi connectivity index (χ3v) is 8.28. The van der Waals surface area contributed by atoms with Gasteiger partial charge in [-0.25, -0.2) is 13.8 Å². The number of halogens is 2. The number of carbonyl (C=O) groups is 2. The molecule has 3 aromatic carbocycles. The molecule has 0 aliphatic heterocycles. The Morgan fingerprint density at radius 1 is 0.978 bits per heavy atom. The molecule has 3 N–H and O–H groups in total. The van der Waals surface area contributed by atoms with Crippen LogP contribution < -0.4 is 10.6 Å². The lowest BCUT2D eigenvalue weighted by Gasteiger charge is -2.27. The van der Waals surface area contributed by atoms with Crippen LogP contribution in [-0.2, 0) is 12.0 Å². The van der Waals surface area contributed by atoms with Crippen LogP contribution in [0.3, 0.4) is 0 Å². The molecule has 1 aliphatic rings. The average Bonchev–Trinajstić information content (AvgIpc) is 3.64. The van der Waals surface area contributed by atoms with Gasteiger partial charge in [-0.1, -0.05) is 44.2 Å². The summed E-state index contributed by atoms with van der Waals surface area (Å²) in [6.07, 6.45) is 5.08. The Labute approximate surface area is 267 Å². The van der Waals surface area contributed by atoms with E-state index < -0.39 is 29.7 Å². The van der Waals surface area contributed by atoms with Crippen LogP contribution in [0.2, 0.25) is 0 Å². The highest BCUT2D eigenvalue weighted by molar-refractivity contribution is 6.01. The summed E-state index contributed by atoms with van der Waals surface area (Å²) in [5.41, 5.74) is 2.02. The molecule has 0 spiro atoms. The van der Waals surface area contributed by atoms with Gasteiger partial charge in [0.05, 0.1) is 18.3 Å². The highest BCUT2D eigenvalue weighted by Gasteiger charge is 2.44. The van der Waals surface area contributed by atoms with Gasteiger partial charge in [0, 0.05) is 47.9 Å². The molecule has 8 nitrogen and oxygen atoms in total. The lowest BCUT2D eigenvalue weighted by atomic mass is 9.98. The van der Waals surface area contributed by atoms with Gasteiger partial charge in [0.25, 0.3) is 11.8 Å². The van der Waals surface area contributed by atoms with Crippen molar-refractivity contribution in [2.75, 3.05) is 19.6 Å². The average molecular weight is 631 g/mol. The van der Waals surface area contributed by atoms with E-state index in [9.17, 15) is 23.5 Å². The molecule has 2 atom stereocenters. The van der Waals surface area contributed by atoms with E-state index in [-0.39, 0.29) is 41.4 Å². The predicted octanol–water partition coefficient (Wildman–Crippen LogP) is 5.86. The third-order valence-electron chi connectivity index (χ3n) is 8.28. The van der Waals surface area contributed by atoms with E-state index in [1.54, 1.807) is 17.0 Å². The first-order chi connectivity index (χ1) is 22.2. The van der Waals surface area contributed by atoms with Crippen molar-refractivity contribution in [3.05, 3.63) is 113 Å². The van der Waals surface area contributed by atoms with Gasteiger partial charge >= 0.3 is 0 Å². The Morgan fingerprint density at radius 3 is 2.26 bits per heavy atom. The van der Waals surface area contributed by atoms with Crippen molar-refractivity contribution in [2.24, 2.45) is 0 Å². The predicted molar refractivity (Wildman–Crippen MR) is 171 cm³/mol. The van der Waals surface area contributed by atoms with Crippen LogP contribution in [0.25, 0.3) is 11.5 Å². The molecule has 1 fully saturated rings. The van der Waals surface area contributed by atoms with E-state index in [2.05, 4.69) is 15.6 Å². The fourth-order valence-corrected chi connectivity index (χ4v) is 5.82. The molecule has 2 amide bonds. The SMILES string of the molecule is CCCN(CCC)C(=O)c1cc(C(=O)N[C@H](Cc2cc(F)cc(F)c2)[C@@H](O)CNC2(c3ccccc3)CC2)cc(-c2ncco2)c1. The molecule has 242 valence electrons. The molecule has 1 saturated carbocycles. The molecule has 4 aromatic rings. The maximum Gasteiger partial charge on any atom is 0.253 e. The van der Waals surface area contributed by atoms with Gasteiger partial charge < -0.3 is 25.1 Å². The number of nitrogens with zero attached hydrogens (tertiary/aromatic N) is 2. The monoisotopic (exact) mass is 630 g/mol. The summed E-state index contributed by atoms with van der Waals surface area (Å²) in [5, 5.41) is 17.8. The zero-order valence-electron chi connectivity index (χ0n) is 26.1. The zero-order chi connectivity index (χ0) is 32.7. The van der Waals surface area contributed by atoms with Gasteiger partial charge in [-0.05, 0) is 73.6 Å². The molecular formula is C36H40F2N4O4. The fourth-order valence-electron chi connectivity index (χ4n) is 5.82. The van der Waals surface area contributed by atoms with E-state index in [0.29, 0.717) is 24.2 Å². The molecule has 10 heteroatoms. The zero-order valence-corrected chi connectivity index (χ0v) is 26.1. The van der Waals surface area contributed by atoms with Gasteiger partial charge in [-0.2, -0.15) is 0 Å². The number of aliphatic hydroxyl groups is 1. The quantitative estimate of drug-likeness (QED) is 0.152. The molecule has 1 aliphatic carbocycles. The summed E-state index contributed by atoms with van der Waals surface area (Å²) in [5.74, 6) is -2.05. The highest BCUT2D eigenvalue weighted by atomic mass is 19.1. The second-order valence-electron chi connectivity index (χ2n) is 11.9. The number of aromatic nitrogens is 1. The van der Waals surface area contributed by atoms with E-state index in [0.717, 1.165) is 37.3 Å². The standard InChI is InChI=1S/C36H40F2N4O4/c1-3-13-42(14-4-2)35(45)27-20-25(19-26(21-27)34-39-12-15-46-34)33(44)41-31(18-24-16-29(37)22-30(38)17-24)32(43)23-40-36(10-11-36)28-8-6-5-7-9-28/h5-9,12,15-17,19-22,31-32,40,43H,3-4,10-11,13-14,18,23H2,1-2H3,(H,41,44)/t31-,32+/m1/s1. The van der Waals surface area contributed by atoms with Crippen LogP contribution in [0.4, 0.5) is 8.78 Å². The molecular weight excluding hydrogens is 590 g/mol. The first-order valence-electron chi connectivity index (χ1n) is 15.8. The molecule has 46 heavy (non-hydrogen) atoms. The van der Waals surface area contributed by atoms with Gasteiger partial charge in [-0.3, -0.25) is 9.59 Å². The lowest BCUT2D eigenvalue weighted by molar-refractivity contribution is 0.0755. The van der Waals surface area contributed by atoms with E-state index >= 15 is 0 Å². The van der Waals surface area contributed by atoms with Crippen LogP contribution in [0.5, 0.6) is 0 Å². The molecule has 1 aromatic heterocycles. The van der Waals surface area contributed by atoms with Crippen molar-refractivity contribution in [1.82, 2.24) is 20.5 Å². The topological polar surface area (TPSA) is 108 Å². The Kier molecular flexibility index (Phi) is 10.6. The van der Waals surface area contributed by atoms with Gasteiger partial charge in [0.2, 0.25) is 5.89 Å². The summed E-state index contributed by atoms with van der Waals surface area (Å²) in [4.78, 5) is 33.4. The minimum Gasteiger partial charge on any atom is -0.445 e. The van der Waals surface area contributed by atoms with E-state index in [4.69, 9.17) is 4.42 Å². The molecule has 1 heterocycles. The second-order valence-corrected chi connectivity index (χ2v) is 11.9. The molecule has 0 radical (unpaired) electrons. The highest BCUT2D eigenvalue weighted by Crippen LogP contribution is 2.45. The van der Waals surface area contributed by atoms with Crippen molar-refractivity contribution < 1.29 is 27.9 Å². The Bertz CT molecular complexity index is 1600. The second kappa shape index (κ2) is 14.8. The largest absolute Gasteiger partial charge is 0.445 e. The van der Waals surface area contributed by atoms with Crippen molar-refractivity contribution in [3.8, 4) is 11.5 Å². The van der Waals surface area contributed by atoms with E-state index in [1.165, 1.54) is 30.7 Å². The number of hydrogen-bond acceptors (Lipinski definition) is 6. The number of rotatable bonds is 15. The van der Waals surface area contributed by atoms with Crippen LogP contribution in [0.1, 0.15) is 71.4 Å². The van der Waals surface area contributed by atoms with Crippen LogP contribution in [-0.4, -0.2) is 58.6 Å². The minimum atomic E-state index is -1.11. The Balaban J connectivity index is 1.42. The van der Waals surface area contributed by atoms with Crippen LogP contribution in [0.15, 0.2) is 83.6 Å². The van der Waals surface area contributed by atoms with Crippen molar-refractivity contribution in [2.45, 2.75) is 63.6 Å². The molecule has 0 saturated heterocycles. The number of nitrogens with one attached hydrogen (secondary N) is 2. The summed E-state index contributed by atoms with van der Waals surface area (Å²) in [6, 6.07) is 16.9. The fraction of sp³-hybridized carbons (Fsp3) is 0.361. The minimum absolute atomic E-state index is 0.0341. The van der Waals surface area contributed by atoms with Crippen molar-refractivity contribution >= 4 is 11.8 Å². The maximum atomic E-state index is 14.1. The Morgan fingerprint density at radius 2 is 1.65 bits per heavy atom. The number of oxazole rings is 1. The van der Waals surface area contributed by atoms with Crippen molar-refractivity contribution in [1.29, 1.82) is 0 Å². The van der Waals surface area contributed by atoms with Crippen LogP contribution >= 0.6 is 0 Å². The molecule has 0 unspecified atom stereocenters. The summed E-state index contributed by atoms with van der Waals surface area (Å²) >= 11 is 0. The summed E-state index contributed by atoms with van der Waals surface area (Å²) < 4.78 is 33.7. The number of benzene rings is 3. The number of aliphatic hydroxyl groups excluding tert-OH is 1. The van der Waals surface area contributed by atoms with Gasteiger partial charge in [-0.15, -0.1) is 0 Å². The van der Waals surface area contributed by atoms with Gasteiger partial charge in [0.1, 0.15) is 17.9 Å². The normalized spacial score (nSPS) is 14.8. The third kappa shape index (κ3) is 8.05. The lowest BCUT2D eigenvalue weighted by Crippen LogP contribution is -2.50. The number of hydrogen-bond donors (Lipinski definition) is 3. The van der Waals surface area contributed by atoms with Gasteiger partial charge in [0.15, 0.2) is 0 Å².